The van der Waals surface area contributed by atoms with Crippen LogP contribution in [0, 0.1) is 10.5 Å². The third kappa shape index (κ3) is 4.92. The van der Waals surface area contributed by atoms with Crippen LogP contribution in [-0.4, -0.2) is 31.0 Å². The lowest BCUT2D eigenvalue weighted by molar-refractivity contribution is -0.118. The van der Waals surface area contributed by atoms with Crippen LogP contribution < -0.4 is 9.50 Å². The summed E-state index contributed by atoms with van der Waals surface area (Å²) < 4.78 is 31.6. The van der Waals surface area contributed by atoms with Crippen molar-refractivity contribution in [2.45, 2.75) is 24.0 Å². The predicted octanol–water partition coefficient (Wildman–Crippen LogP) is 3.31. The molecule has 1 aliphatic heterocycles. The molecule has 0 aliphatic carbocycles. The number of amides is 1. The number of amidine groups is 1. The van der Waals surface area contributed by atoms with Crippen LogP contribution in [0.3, 0.4) is 0 Å². The van der Waals surface area contributed by atoms with Gasteiger partial charge in [-0.1, -0.05) is 23.9 Å². The molecule has 2 aromatic carbocycles. The summed E-state index contributed by atoms with van der Waals surface area (Å²) in [4.78, 5) is 11.5. The minimum Gasteiger partial charge on any atom is -0.378 e. The Labute approximate surface area is 180 Å². The molecule has 146 valence electrons. The minimum absolute atomic E-state index is 0.0679. The molecule has 0 saturated carbocycles. The van der Waals surface area contributed by atoms with Gasteiger partial charge in [-0.15, -0.1) is 5.10 Å². The summed E-state index contributed by atoms with van der Waals surface area (Å²) in [5, 5.41) is 10.7. The predicted molar refractivity (Wildman–Crippen MR) is 118 cm³/mol. The van der Waals surface area contributed by atoms with Gasteiger partial charge in [0.05, 0.1) is 11.5 Å². The van der Waals surface area contributed by atoms with Crippen molar-refractivity contribution in [2.75, 3.05) is 0 Å². The molecule has 1 saturated heterocycles. The van der Waals surface area contributed by atoms with Gasteiger partial charge in [-0.05, 0) is 72.3 Å². The maximum Gasteiger partial charge on any atom is 0.339 e. The molecule has 1 fully saturated rings. The van der Waals surface area contributed by atoms with Crippen molar-refractivity contribution in [1.82, 2.24) is 5.32 Å². The molecule has 1 amide bonds. The average Bonchev–Trinajstić information content (AvgIpc) is 2.96. The summed E-state index contributed by atoms with van der Waals surface area (Å²) >= 11 is 3.37. The molecule has 7 nitrogen and oxygen atoms in total. The second-order valence-corrected chi connectivity index (χ2v) is 10.0. The van der Waals surface area contributed by atoms with E-state index in [1.807, 2.05) is 0 Å². The van der Waals surface area contributed by atoms with Crippen LogP contribution in [0.5, 0.6) is 5.75 Å². The van der Waals surface area contributed by atoms with Crippen LogP contribution in [0.1, 0.15) is 18.1 Å². The number of carbonyl (C=O) groups excluding carboxylic acids is 1. The normalized spacial score (nSPS) is 18.6. The van der Waals surface area contributed by atoms with E-state index in [9.17, 15) is 13.2 Å². The first-order valence-electron chi connectivity index (χ1n) is 8.14. The van der Waals surface area contributed by atoms with E-state index in [0.29, 0.717) is 16.3 Å². The highest BCUT2D eigenvalue weighted by molar-refractivity contribution is 14.1. The number of carbonyl (C=O) groups is 1. The summed E-state index contributed by atoms with van der Waals surface area (Å²) in [6.45, 7) is 3.52. The van der Waals surface area contributed by atoms with E-state index in [-0.39, 0.29) is 21.8 Å². The fourth-order valence-corrected chi connectivity index (χ4v) is 4.43. The van der Waals surface area contributed by atoms with Gasteiger partial charge in [0.25, 0.3) is 0 Å². The van der Waals surface area contributed by atoms with E-state index >= 15 is 0 Å². The quantitative estimate of drug-likeness (QED) is 0.278. The zero-order valence-electron chi connectivity index (χ0n) is 14.9. The Hall–Kier alpha value is -1.92. The number of nitrogens with zero attached hydrogens (tertiary/aromatic N) is 2. The number of halogens is 1. The molecule has 10 heteroatoms. The van der Waals surface area contributed by atoms with E-state index in [1.165, 1.54) is 30.1 Å². The Balaban J connectivity index is 1.86. The first-order valence-corrected chi connectivity index (χ1v) is 11.5. The molecule has 0 aromatic heterocycles. The topological polar surface area (TPSA) is 97.2 Å². The van der Waals surface area contributed by atoms with Crippen molar-refractivity contribution in [1.29, 1.82) is 0 Å². The lowest BCUT2D eigenvalue weighted by Crippen LogP contribution is -2.23. The second kappa shape index (κ2) is 8.62. The molecular formula is C18H16IN3O4S2. The van der Waals surface area contributed by atoms with Gasteiger partial charge in [0, 0.05) is 9.13 Å². The molecule has 0 spiro atoms. The molecule has 1 N–H and O–H groups in total. The van der Waals surface area contributed by atoms with Crippen molar-refractivity contribution in [2.24, 2.45) is 10.2 Å². The maximum atomic E-state index is 12.6. The number of hydrogen-bond acceptors (Lipinski definition) is 7. The zero-order chi connectivity index (χ0) is 20.3. The molecule has 0 bridgehead atoms. The summed E-state index contributed by atoms with van der Waals surface area (Å²) in [6, 6.07) is 11.6. The van der Waals surface area contributed by atoms with Crippen LogP contribution in [-0.2, 0) is 14.9 Å². The largest absolute Gasteiger partial charge is 0.378 e. The zero-order valence-corrected chi connectivity index (χ0v) is 18.7. The molecule has 28 heavy (non-hydrogen) atoms. The van der Waals surface area contributed by atoms with Gasteiger partial charge in [0.15, 0.2) is 10.9 Å². The summed E-state index contributed by atoms with van der Waals surface area (Å²) in [5.41, 5.74) is 1.10. The SMILES string of the molecule is Cc1cccc(/C=N\N=C2/NC(=O)[C@H](C)S2)c1OS(=O)(=O)c1ccc(I)cc1. The second-order valence-electron chi connectivity index (χ2n) is 5.88. The Morgan fingerprint density at radius 1 is 1.21 bits per heavy atom. The van der Waals surface area contributed by atoms with Crippen molar-refractivity contribution in [3.8, 4) is 5.75 Å². The van der Waals surface area contributed by atoms with Crippen LogP contribution in [0.15, 0.2) is 57.6 Å². The van der Waals surface area contributed by atoms with Gasteiger partial charge >= 0.3 is 10.1 Å². The van der Waals surface area contributed by atoms with Crippen LogP contribution in [0.25, 0.3) is 0 Å². The highest BCUT2D eigenvalue weighted by Crippen LogP contribution is 2.26. The number of nitrogens with one attached hydrogen (secondary N) is 1. The fourth-order valence-electron chi connectivity index (χ4n) is 2.30. The van der Waals surface area contributed by atoms with Crippen molar-refractivity contribution >= 4 is 61.8 Å². The first kappa shape index (κ1) is 20.8. The number of aryl methyl sites for hydroxylation is 1. The molecule has 1 heterocycles. The summed E-state index contributed by atoms with van der Waals surface area (Å²) in [5.74, 6) is 0.0589. The van der Waals surface area contributed by atoms with Crippen LogP contribution in [0.4, 0.5) is 0 Å². The molecule has 2 aromatic rings. The number of benzene rings is 2. The highest BCUT2D eigenvalue weighted by Gasteiger charge is 2.25. The smallest absolute Gasteiger partial charge is 0.339 e. The highest BCUT2D eigenvalue weighted by atomic mass is 127. The van der Waals surface area contributed by atoms with Crippen LogP contribution in [0.2, 0.25) is 0 Å². The van der Waals surface area contributed by atoms with E-state index in [0.717, 1.165) is 3.57 Å². The maximum absolute atomic E-state index is 12.6. The number of rotatable bonds is 5. The summed E-state index contributed by atoms with van der Waals surface area (Å²) in [7, 11) is -3.99. The fraction of sp³-hybridized carbons (Fsp3) is 0.167. The average molecular weight is 529 g/mol. The Morgan fingerprint density at radius 3 is 2.57 bits per heavy atom. The van der Waals surface area contributed by atoms with Crippen molar-refractivity contribution in [3.63, 3.8) is 0 Å². The Kier molecular flexibility index (Phi) is 6.40. The van der Waals surface area contributed by atoms with E-state index in [4.69, 9.17) is 4.18 Å². The van der Waals surface area contributed by atoms with Gasteiger partial charge in [0.2, 0.25) is 5.91 Å². The van der Waals surface area contributed by atoms with Crippen molar-refractivity contribution in [3.05, 3.63) is 57.2 Å². The number of hydrogen-bond donors (Lipinski definition) is 1. The minimum atomic E-state index is -3.99. The van der Waals surface area contributed by atoms with Crippen LogP contribution >= 0.6 is 34.4 Å². The third-order valence-electron chi connectivity index (χ3n) is 3.77. The monoisotopic (exact) mass is 529 g/mol. The van der Waals surface area contributed by atoms with Gasteiger partial charge < -0.3 is 9.50 Å². The third-order valence-corrected chi connectivity index (χ3v) is 6.70. The molecule has 0 radical (unpaired) electrons. The van der Waals surface area contributed by atoms with E-state index < -0.39 is 10.1 Å². The van der Waals surface area contributed by atoms with Gasteiger partial charge in [-0.3, -0.25) is 4.79 Å². The Morgan fingerprint density at radius 2 is 1.93 bits per heavy atom. The van der Waals surface area contributed by atoms with E-state index in [2.05, 4.69) is 38.1 Å². The Bertz CT molecular complexity index is 1070. The molecule has 1 atom stereocenters. The summed E-state index contributed by atoms with van der Waals surface area (Å²) in [6.07, 6.45) is 1.40. The number of para-hydroxylation sites is 1. The molecule has 0 unspecified atom stereocenters. The molecule has 3 rings (SSSR count). The standard InChI is InChI=1S/C18H16IN3O4S2/c1-11-4-3-5-13(10-20-22-18-21-17(23)12(2)27-18)16(11)26-28(24,25)15-8-6-14(19)7-9-15/h3-10,12H,1-2H3,(H,21,22,23)/b20-10-/t12-/m0/s1. The number of thioether (sulfide) groups is 1. The van der Waals surface area contributed by atoms with Gasteiger partial charge in [-0.2, -0.15) is 13.5 Å². The lowest BCUT2D eigenvalue weighted by atomic mass is 10.1. The van der Waals surface area contributed by atoms with Gasteiger partial charge in [0.1, 0.15) is 4.90 Å². The molecule has 1 aliphatic rings. The lowest BCUT2D eigenvalue weighted by Gasteiger charge is -2.11. The first-order chi connectivity index (χ1) is 13.3. The van der Waals surface area contributed by atoms with Crippen molar-refractivity contribution < 1.29 is 17.4 Å². The van der Waals surface area contributed by atoms with E-state index in [1.54, 1.807) is 44.2 Å². The van der Waals surface area contributed by atoms with Gasteiger partial charge in [-0.25, -0.2) is 0 Å². The molecular weight excluding hydrogens is 513 g/mol.